The van der Waals surface area contributed by atoms with E-state index >= 15 is 0 Å². The van der Waals surface area contributed by atoms with Crippen LogP contribution < -0.4 is 10.2 Å². The van der Waals surface area contributed by atoms with Crippen LogP contribution in [0.3, 0.4) is 0 Å². The van der Waals surface area contributed by atoms with Crippen LogP contribution in [0.15, 0.2) is 57.5 Å². The minimum absolute atomic E-state index is 0.117. The Morgan fingerprint density at radius 3 is 2.59 bits per heavy atom. The molecule has 0 saturated carbocycles. The molecular weight excluding hydrogens is 497 g/mol. The number of halogens is 3. The average Bonchev–Trinajstić information content (AvgIpc) is 3.01. The number of amides is 2. The molecule has 0 bridgehead atoms. The van der Waals surface area contributed by atoms with Gasteiger partial charge in [-0.1, -0.05) is 50.9 Å². The molecule has 0 aromatic heterocycles. The summed E-state index contributed by atoms with van der Waals surface area (Å²) in [5.74, 6) is -0.786. The van der Waals surface area contributed by atoms with Crippen molar-refractivity contribution in [2.45, 2.75) is 11.7 Å². The summed E-state index contributed by atoms with van der Waals surface area (Å²) in [7, 11) is 1.44. The van der Waals surface area contributed by atoms with Crippen molar-refractivity contribution < 1.29 is 9.59 Å². The van der Waals surface area contributed by atoms with E-state index in [1.54, 1.807) is 42.5 Å². The fraction of sp³-hybridized carbons (Fsp3) is 0.150. The van der Waals surface area contributed by atoms with Crippen molar-refractivity contribution in [2.75, 3.05) is 11.9 Å². The Bertz CT molecular complexity index is 1050. The highest BCUT2D eigenvalue weighted by molar-refractivity contribution is 9.10. The van der Waals surface area contributed by atoms with Crippen LogP contribution in [0.2, 0.25) is 10.0 Å². The van der Waals surface area contributed by atoms with E-state index in [0.717, 1.165) is 10.0 Å². The largest absolute Gasteiger partial charge is 0.354 e. The number of anilines is 1. The second kappa shape index (κ2) is 9.23. The van der Waals surface area contributed by atoms with Gasteiger partial charge in [-0.15, -0.1) is 0 Å². The quantitative estimate of drug-likeness (QED) is 0.467. The third-order valence-corrected chi connectivity index (χ3v) is 6.63. The molecule has 9 heteroatoms. The van der Waals surface area contributed by atoms with Crippen molar-refractivity contribution in [3.63, 3.8) is 0 Å². The molecule has 2 amide bonds. The Morgan fingerprint density at radius 2 is 1.97 bits per heavy atom. The Morgan fingerprint density at radius 1 is 1.28 bits per heavy atom. The zero-order valence-corrected chi connectivity index (χ0v) is 19.0. The first-order chi connectivity index (χ1) is 13.8. The summed E-state index contributed by atoms with van der Waals surface area (Å²) < 4.78 is 0.847. The van der Waals surface area contributed by atoms with Gasteiger partial charge in [0, 0.05) is 27.3 Å². The normalized spacial score (nSPS) is 17.8. The zero-order valence-electron chi connectivity index (χ0n) is 15.1. The molecule has 0 aliphatic carbocycles. The van der Waals surface area contributed by atoms with E-state index in [4.69, 9.17) is 23.2 Å². The molecule has 29 heavy (non-hydrogen) atoms. The van der Waals surface area contributed by atoms with Crippen LogP contribution in [0.1, 0.15) is 5.56 Å². The maximum Gasteiger partial charge on any atom is 0.264 e. The lowest BCUT2D eigenvalue weighted by atomic mass is 10.1. The van der Waals surface area contributed by atoms with Gasteiger partial charge in [0.15, 0.2) is 0 Å². The summed E-state index contributed by atoms with van der Waals surface area (Å²) in [4.78, 5) is 26.9. The van der Waals surface area contributed by atoms with Crippen molar-refractivity contribution in [1.29, 1.82) is 5.26 Å². The Kier molecular flexibility index (Phi) is 6.91. The van der Waals surface area contributed by atoms with E-state index in [9.17, 15) is 14.9 Å². The number of thioether (sulfide) groups is 1. The summed E-state index contributed by atoms with van der Waals surface area (Å²) in [5.41, 5.74) is 1.17. The maximum absolute atomic E-state index is 13.3. The second-order valence-corrected chi connectivity index (χ2v) is 9.02. The SMILES string of the molecule is CNC(=O)/C(C#N)=C1\SC(Cc2cc(Cl)ccc2Cl)C(=O)N1c1ccc(Br)cc1. The molecule has 5 nitrogen and oxygen atoms in total. The van der Waals surface area contributed by atoms with Gasteiger partial charge in [-0.3, -0.25) is 14.5 Å². The third-order valence-electron chi connectivity index (χ3n) is 4.23. The summed E-state index contributed by atoms with van der Waals surface area (Å²) >= 11 is 16.9. The summed E-state index contributed by atoms with van der Waals surface area (Å²) in [6.07, 6.45) is 0.311. The van der Waals surface area contributed by atoms with Gasteiger partial charge in [0.05, 0.1) is 5.25 Å². The molecule has 1 fully saturated rings. The van der Waals surface area contributed by atoms with Crippen LogP contribution in [0.25, 0.3) is 0 Å². The van der Waals surface area contributed by atoms with Crippen molar-refractivity contribution in [2.24, 2.45) is 0 Å². The topological polar surface area (TPSA) is 73.2 Å². The highest BCUT2D eigenvalue weighted by Gasteiger charge is 2.40. The van der Waals surface area contributed by atoms with E-state index < -0.39 is 11.2 Å². The number of hydrogen-bond acceptors (Lipinski definition) is 4. The number of rotatable bonds is 4. The molecule has 2 aromatic rings. The highest BCUT2D eigenvalue weighted by atomic mass is 79.9. The molecule has 2 aromatic carbocycles. The monoisotopic (exact) mass is 509 g/mol. The summed E-state index contributed by atoms with van der Waals surface area (Å²) in [6.45, 7) is 0. The molecule has 0 spiro atoms. The van der Waals surface area contributed by atoms with Crippen LogP contribution >= 0.6 is 50.9 Å². The predicted molar refractivity (Wildman–Crippen MR) is 120 cm³/mol. The molecule has 1 saturated heterocycles. The minimum Gasteiger partial charge on any atom is -0.354 e. The minimum atomic E-state index is -0.558. The number of nitriles is 1. The van der Waals surface area contributed by atoms with Crippen molar-refractivity contribution in [1.82, 2.24) is 5.32 Å². The molecule has 1 atom stereocenters. The first kappa shape index (κ1) is 21.7. The maximum atomic E-state index is 13.3. The standard InChI is InChI=1S/C20H14BrCl2N3O2S/c1-25-18(27)15(10-24)20-26(14-5-2-12(21)3-6-14)19(28)17(29-20)9-11-8-13(22)4-7-16(11)23/h2-8,17H,9H2,1H3,(H,25,27)/b20-15-. The zero-order chi connectivity index (χ0) is 21.1. The molecule has 1 heterocycles. The number of benzene rings is 2. The third kappa shape index (κ3) is 4.62. The predicted octanol–water partition coefficient (Wildman–Crippen LogP) is 4.93. The van der Waals surface area contributed by atoms with E-state index in [2.05, 4.69) is 21.2 Å². The van der Waals surface area contributed by atoms with Crippen molar-refractivity contribution in [3.05, 3.63) is 73.1 Å². The van der Waals surface area contributed by atoms with Gasteiger partial charge in [-0.2, -0.15) is 5.26 Å². The molecule has 0 radical (unpaired) electrons. The fourth-order valence-electron chi connectivity index (χ4n) is 2.84. The lowest BCUT2D eigenvalue weighted by Gasteiger charge is -2.18. The van der Waals surface area contributed by atoms with E-state index in [1.807, 2.05) is 6.07 Å². The molecule has 148 valence electrons. The van der Waals surface area contributed by atoms with Crippen LogP contribution in [0.5, 0.6) is 0 Å². The summed E-state index contributed by atoms with van der Waals surface area (Å²) in [5, 5.41) is 12.8. The van der Waals surface area contributed by atoms with Crippen molar-refractivity contribution in [3.8, 4) is 6.07 Å². The molecule has 1 unspecified atom stereocenters. The van der Waals surface area contributed by atoms with Gasteiger partial charge >= 0.3 is 0 Å². The van der Waals surface area contributed by atoms with Crippen LogP contribution in [0, 0.1) is 11.3 Å². The highest BCUT2D eigenvalue weighted by Crippen LogP contribution is 2.42. The van der Waals surface area contributed by atoms with Gasteiger partial charge in [-0.25, -0.2) is 0 Å². The molecule has 3 rings (SSSR count). The Balaban J connectivity index is 2.06. The van der Waals surface area contributed by atoms with Crippen LogP contribution in [0.4, 0.5) is 5.69 Å². The van der Waals surface area contributed by atoms with Gasteiger partial charge in [0.25, 0.3) is 5.91 Å². The Hall–Kier alpha value is -1.98. The van der Waals surface area contributed by atoms with Crippen LogP contribution in [-0.2, 0) is 16.0 Å². The fourth-order valence-corrected chi connectivity index (χ4v) is 4.79. The number of carbonyl (C=O) groups is 2. The van der Waals surface area contributed by atoms with E-state index in [0.29, 0.717) is 27.2 Å². The van der Waals surface area contributed by atoms with Gasteiger partial charge in [-0.05, 0) is 54.4 Å². The number of hydrogen-bond donors (Lipinski definition) is 1. The molecule has 1 aliphatic heterocycles. The lowest BCUT2D eigenvalue weighted by Crippen LogP contribution is -2.31. The number of carbonyl (C=O) groups excluding carboxylic acids is 2. The van der Waals surface area contributed by atoms with E-state index in [-0.39, 0.29) is 11.5 Å². The molecule has 1 aliphatic rings. The number of likely N-dealkylation sites (N-methyl/N-ethyl adjacent to an activating group) is 1. The smallest absolute Gasteiger partial charge is 0.264 e. The average molecular weight is 511 g/mol. The van der Waals surface area contributed by atoms with Gasteiger partial charge < -0.3 is 5.32 Å². The lowest BCUT2D eigenvalue weighted by molar-refractivity contribution is -0.117. The second-order valence-electron chi connectivity index (χ2n) is 6.07. The van der Waals surface area contributed by atoms with Gasteiger partial charge in [0.2, 0.25) is 5.91 Å². The van der Waals surface area contributed by atoms with E-state index in [1.165, 1.54) is 23.7 Å². The number of nitrogens with one attached hydrogen (secondary N) is 1. The van der Waals surface area contributed by atoms with Gasteiger partial charge in [0.1, 0.15) is 16.7 Å². The Labute approximate surface area is 190 Å². The molecule has 1 N–H and O–H groups in total. The first-order valence-corrected chi connectivity index (χ1v) is 10.8. The van der Waals surface area contributed by atoms with Crippen molar-refractivity contribution >= 4 is 68.4 Å². The molecular formula is C20H14BrCl2N3O2S. The summed E-state index contributed by atoms with van der Waals surface area (Å²) in [6, 6.07) is 14.1. The van der Waals surface area contributed by atoms with Crippen LogP contribution in [-0.4, -0.2) is 24.1 Å². The number of nitrogens with zero attached hydrogens (tertiary/aromatic N) is 2. The first-order valence-electron chi connectivity index (χ1n) is 8.42.